The Morgan fingerprint density at radius 1 is 1.26 bits per heavy atom. The van der Waals surface area contributed by atoms with E-state index in [-0.39, 0.29) is 16.6 Å². The zero-order valence-corrected chi connectivity index (χ0v) is 13.1. The molecule has 0 aromatic heterocycles. The van der Waals surface area contributed by atoms with Crippen LogP contribution >= 0.6 is 15.9 Å². The van der Waals surface area contributed by atoms with Crippen LogP contribution in [-0.4, -0.2) is 5.91 Å². The second-order valence-corrected chi connectivity index (χ2v) is 6.57. The Labute approximate surface area is 121 Å². The van der Waals surface area contributed by atoms with Crippen molar-refractivity contribution in [2.75, 3.05) is 5.32 Å². The molecular weight excluding hydrogens is 309 g/mol. The summed E-state index contributed by atoms with van der Waals surface area (Å²) in [6, 6.07) is 3.34. The highest BCUT2D eigenvalue weighted by Crippen LogP contribution is 2.39. The minimum atomic E-state index is -0.254. The molecular formula is C15H19BrFNO. The van der Waals surface area contributed by atoms with Crippen LogP contribution in [0, 0.1) is 17.7 Å². The van der Waals surface area contributed by atoms with E-state index in [0.717, 1.165) is 5.56 Å². The molecule has 104 valence electrons. The van der Waals surface area contributed by atoms with Gasteiger partial charge in [-0.05, 0) is 36.0 Å². The maximum Gasteiger partial charge on any atom is 0.224 e. The van der Waals surface area contributed by atoms with E-state index in [1.807, 2.05) is 6.07 Å². The van der Waals surface area contributed by atoms with Crippen LogP contribution in [0.2, 0.25) is 0 Å². The third-order valence-corrected chi connectivity index (χ3v) is 5.26. The molecule has 1 N–H and O–H groups in total. The number of carbonyl (C=O) groups excluding carboxylic acids is 1. The molecule has 2 nitrogen and oxygen atoms in total. The molecule has 0 radical (unpaired) electrons. The van der Waals surface area contributed by atoms with E-state index in [0.29, 0.717) is 35.9 Å². The summed E-state index contributed by atoms with van der Waals surface area (Å²) in [5, 5.41) is 2.72. The van der Waals surface area contributed by atoms with Crippen molar-refractivity contribution in [3.8, 4) is 0 Å². The molecule has 0 fully saturated rings. The monoisotopic (exact) mass is 327 g/mol. The molecule has 1 amide bonds. The fourth-order valence-corrected chi connectivity index (χ4v) is 3.22. The van der Waals surface area contributed by atoms with Crippen molar-refractivity contribution in [2.45, 2.75) is 38.4 Å². The first kappa shape index (κ1) is 14.5. The summed E-state index contributed by atoms with van der Waals surface area (Å²) in [7, 11) is 0. The molecule has 1 aromatic carbocycles. The van der Waals surface area contributed by atoms with Gasteiger partial charge in [0.1, 0.15) is 5.82 Å². The van der Waals surface area contributed by atoms with Crippen LogP contribution in [0.4, 0.5) is 10.1 Å². The zero-order chi connectivity index (χ0) is 14.2. The van der Waals surface area contributed by atoms with E-state index in [1.54, 1.807) is 0 Å². The normalized spacial score (nSPS) is 17.9. The molecule has 0 aliphatic carbocycles. The molecule has 0 spiro atoms. The predicted octanol–water partition coefficient (Wildman–Crippen LogP) is 4.44. The van der Waals surface area contributed by atoms with Crippen molar-refractivity contribution in [2.24, 2.45) is 11.8 Å². The molecule has 2 rings (SSSR count). The Bertz CT molecular complexity index is 501. The van der Waals surface area contributed by atoms with Gasteiger partial charge in [-0.25, -0.2) is 4.39 Å². The van der Waals surface area contributed by atoms with E-state index in [1.165, 1.54) is 6.07 Å². The van der Waals surface area contributed by atoms with Crippen molar-refractivity contribution >= 4 is 27.5 Å². The topological polar surface area (TPSA) is 29.1 Å². The average Bonchev–Trinajstić information content (AvgIpc) is 2.36. The van der Waals surface area contributed by atoms with Gasteiger partial charge >= 0.3 is 0 Å². The van der Waals surface area contributed by atoms with E-state index in [4.69, 9.17) is 0 Å². The van der Waals surface area contributed by atoms with Gasteiger partial charge in [-0.3, -0.25) is 4.79 Å². The molecule has 1 aliphatic heterocycles. The van der Waals surface area contributed by atoms with Gasteiger partial charge < -0.3 is 5.32 Å². The number of hydrogen-bond donors (Lipinski definition) is 1. The van der Waals surface area contributed by atoms with E-state index < -0.39 is 0 Å². The summed E-state index contributed by atoms with van der Waals surface area (Å²) >= 11 is 3.62. The number of hydrogen-bond acceptors (Lipinski definition) is 1. The van der Waals surface area contributed by atoms with Gasteiger partial charge in [0, 0.05) is 22.5 Å². The Kier molecular flexibility index (Phi) is 4.29. The third-order valence-electron chi connectivity index (χ3n) is 3.93. The zero-order valence-electron chi connectivity index (χ0n) is 11.5. The minimum Gasteiger partial charge on any atom is -0.326 e. The first-order valence-corrected chi connectivity index (χ1v) is 7.58. The SMILES string of the molecule is CC(C)C(C)C(Br)c1cc2c(cc1F)NC(=O)CC2. The standard InChI is InChI=1S/C15H19BrFNO/c1-8(2)9(3)15(16)11-6-10-4-5-14(19)18-13(10)7-12(11)17/h6-9,15H,4-5H2,1-3H3,(H,18,19). The number of alkyl halides is 1. The van der Waals surface area contributed by atoms with Crippen molar-refractivity contribution in [3.05, 3.63) is 29.1 Å². The molecule has 1 aliphatic rings. The van der Waals surface area contributed by atoms with Crippen molar-refractivity contribution < 1.29 is 9.18 Å². The largest absolute Gasteiger partial charge is 0.326 e. The van der Waals surface area contributed by atoms with Gasteiger partial charge in [0.2, 0.25) is 5.91 Å². The molecule has 4 heteroatoms. The van der Waals surface area contributed by atoms with Crippen LogP contribution in [-0.2, 0) is 11.2 Å². The lowest BCUT2D eigenvalue weighted by molar-refractivity contribution is -0.116. The lowest BCUT2D eigenvalue weighted by Crippen LogP contribution is -2.20. The molecule has 1 heterocycles. The van der Waals surface area contributed by atoms with Crippen LogP contribution in [0.15, 0.2) is 12.1 Å². The fraction of sp³-hybridized carbons (Fsp3) is 0.533. The van der Waals surface area contributed by atoms with E-state index in [9.17, 15) is 9.18 Å². The van der Waals surface area contributed by atoms with Gasteiger partial charge in [-0.15, -0.1) is 0 Å². The van der Waals surface area contributed by atoms with Gasteiger partial charge in [0.05, 0.1) is 0 Å². The summed E-state index contributed by atoms with van der Waals surface area (Å²) in [5.41, 5.74) is 2.34. The van der Waals surface area contributed by atoms with Crippen LogP contribution in [0.3, 0.4) is 0 Å². The molecule has 2 unspecified atom stereocenters. The predicted molar refractivity (Wildman–Crippen MR) is 79.0 cm³/mol. The Morgan fingerprint density at radius 3 is 2.58 bits per heavy atom. The second kappa shape index (κ2) is 5.61. The van der Waals surface area contributed by atoms with Crippen molar-refractivity contribution in [1.29, 1.82) is 0 Å². The van der Waals surface area contributed by atoms with Crippen molar-refractivity contribution in [1.82, 2.24) is 0 Å². The second-order valence-electron chi connectivity index (χ2n) is 5.58. The summed E-state index contributed by atoms with van der Waals surface area (Å²) < 4.78 is 14.2. The number of aryl methyl sites for hydroxylation is 1. The number of nitrogens with one attached hydrogen (secondary N) is 1. The lowest BCUT2D eigenvalue weighted by atomic mass is 9.89. The summed E-state index contributed by atoms with van der Waals surface area (Å²) in [6.07, 6.45) is 1.16. The summed E-state index contributed by atoms with van der Waals surface area (Å²) in [4.78, 5) is 11.3. The number of halogens is 2. The van der Waals surface area contributed by atoms with Crippen LogP contribution in [0.25, 0.3) is 0 Å². The fourth-order valence-electron chi connectivity index (χ4n) is 2.25. The molecule has 0 saturated carbocycles. The van der Waals surface area contributed by atoms with E-state index >= 15 is 0 Å². The summed E-state index contributed by atoms with van der Waals surface area (Å²) in [5.74, 6) is 0.520. The first-order chi connectivity index (χ1) is 8.90. The number of anilines is 1. The van der Waals surface area contributed by atoms with Crippen LogP contribution in [0.1, 0.15) is 43.1 Å². The molecule has 0 bridgehead atoms. The van der Waals surface area contributed by atoms with Crippen molar-refractivity contribution in [3.63, 3.8) is 0 Å². The maximum atomic E-state index is 14.2. The molecule has 1 aromatic rings. The molecule has 0 saturated heterocycles. The first-order valence-electron chi connectivity index (χ1n) is 6.66. The Hall–Kier alpha value is -0.900. The maximum absolute atomic E-state index is 14.2. The highest BCUT2D eigenvalue weighted by Gasteiger charge is 2.25. The third kappa shape index (κ3) is 2.99. The van der Waals surface area contributed by atoms with E-state index in [2.05, 4.69) is 42.0 Å². The van der Waals surface area contributed by atoms with Crippen LogP contribution in [0.5, 0.6) is 0 Å². The van der Waals surface area contributed by atoms with Gasteiger partial charge in [0.25, 0.3) is 0 Å². The smallest absolute Gasteiger partial charge is 0.224 e. The van der Waals surface area contributed by atoms with Gasteiger partial charge in [-0.1, -0.05) is 36.7 Å². The number of benzene rings is 1. The lowest BCUT2D eigenvalue weighted by Gasteiger charge is -2.25. The number of carbonyl (C=O) groups is 1. The van der Waals surface area contributed by atoms with Gasteiger partial charge in [-0.2, -0.15) is 0 Å². The molecule has 2 atom stereocenters. The highest BCUT2D eigenvalue weighted by atomic mass is 79.9. The van der Waals surface area contributed by atoms with Crippen LogP contribution < -0.4 is 5.32 Å². The summed E-state index contributed by atoms with van der Waals surface area (Å²) in [6.45, 7) is 6.38. The minimum absolute atomic E-state index is 0.00423. The van der Waals surface area contributed by atoms with Gasteiger partial charge in [0.15, 0.2) is 0 Å². The number of rotatable bonds is 3. The number of fused-ring (bicyclic) bond motifs is 1. The average molecular weight is 328 g/mol. The number of amides is 1. The highest BCUT2D eigenvalue weighted by molar-refractivity contribution is 9.09. The Balaban J connectivity index is 2.35. The quantitative estimate of drug-likeness (QED) is 0.817. The Morgan fingerprint density at radius 2 is 1.95 bits per heavy atom. The molecule has 19 heavy (non-hydrogen) atoms.